The van der Waals surface area contributed by atoms with Gasteiger partial charge in [-0.05, 0) is 43.7 Å². The molecular formula is C15H16N2O2. The molecule has 1 unspecified atom stereocenters. The predicted octanol–water partition coefficient (Wildman–Crippen LogP) is 2.87. The molecule has 0 radical (unpaired) electrons. The van der Waals surface area contributed by atoms with Crippen LogP contribution < -0.4 is 5.32 Å². The van der Waals surface area contributed by atoms with Crippen molar-refractivity contribution in [2.75, 3.05) is 0 Å². The van der Waals surface area contributed by atoms with Gasteiger partial charge in [0.05, 0.1) is 6.04 Å². The van der Waals surface area contributed by atoms with E-state index in [1.807, 2.05) is 38.1 Å². The zero-order chi connectivity index (χ0) is 13.7. The number of rotatable bonds is 4. The van der Waals surface area contributed by atoms with Gasteiger partial charge >= 0.3 is 0 Å². The molecule has 4 heteroatoms. The van der Waals surface area contributed by atoms with E-state index in [-0.39, 0.29) is 11.9 Å². The molecule has 98 valence electrons. The highest BCUT2D eigenvalue weighted by molar-refractivity contribution is 5.91. The van der Waals surface area contributed by atoms with Gasteiger partial charge in [-0.2, -0.15) is 0 Å². The van der Waals surface area contributed by atoms with Crippen LogP contribution in [0.2, 0.25) is 0 Å². The van der Waals surface area contributed by atoms with Crippen LogP contribution in [0.1, 0.15) is 30.0 Å². The van der Waals surface area contributed by atoms with Gasteiger partial charge in [-0.15, -0.1) is 0 Å². The van der Waals surface area contributed by atoms with E-state index < -0.39 is 0 Å². The highest BCUT2D eigenvalue weighted by Crippen LogP contribution is 2.15. The molecule has 0 saturated carbocycles. The predicted molar refractivity (Wildman–Crippen MR) is 73.3 cm³/mol. The van der Waals surface area contributed by atoms with Crippen LogP contribution in [0.25, 0.3) is 6.08 Å². The Morgan fingerprint density at radius 3 is 2.89 bits per heavy atom. The first-order chi connectivity index (χ1) is 9.15. The minimum Gasteiger partial charge on any atom is -0.464 e. The van der Waals surface area contributed by atoms with Crippen molar-refractivity contribution in [1.29, 1.82) is 0 Å². The first kappa shape index (κ1) is 13.1. The van der Waals surface area contributed by atoms with Gasteiger partial charge in [0.15, 0.2) is 0 Å². The molecule has 1 N–H and O–H groups in total. The third-order valence-corrected chi connectivity index (χ3v) is 2.66. The summed E-state index contributed by atoms with van der Waals surface area (Å²) in [6, 6.07) is 7.30. The average molecular weight is 256 g/mol. The van der Waals surface area contributed by atoms with Crippen molar-refractivity contribution >= 4 is 12.0 Å². The highest BCUT2D eigenvalue weighted by Gasteiger charge is 2.10. The molecule has 0 fully saturated rings. The normalized spacial score (nSPS) is 12.5. The van der Waals surface area contributed by atoms with Gasteiger partial charge in [-0.25, -0.2) is 0 Å². The minimum atomic E-state index is -0.162. The summed E-state index contributed by atoms with van der Waals surface area (Å²) in [7, 11) is 0. The molecule has 4 nitrogen and oxygen atoms in total. The molecule has 0 saturated heterocycles. The summed E-state index contributed by atoms with van der Waals surface area (Å²) in [6.45, 7) is 3.76. The fraction of sp³-hybridized carbons (Fsp3) is 0.200. The smallest absolute Gasteiger partial charge is 0.244 e. The molecule has 19 heavy (non-hydrogen) atoms. The fourth-order valence-electron chi connectivity index (χ4n) is 1.67. The van der Waals surface area contributed by atoms with Gasteiger partial charge < -0.3 is 9.73 Å². The summed E-state index contributed by atoms with van der Waals surface area (Å²) in [6.07, 6.45) is 6.60. The molecule has 2 aromatic rings. The summed E-state index contributed by atoms with van der Waals surface area (Å²) in [5, 5.41) is 2.84. The maximum atomic E-state index is 11.7. The lowest BCUT2D eigenvalue weighted by Gasteiger charge is -2.09. The van der Waals surface area contributed by atoms with Crippen molar-refractivity contribution in [2.45, 2.75) is 19.9 Å². The molecule has 0 spiro atoms. The molecule has 0 aliphatic heterocycles. The van der Waals surface area contributed by atoms with Gasteiger partial charge in [0.2, 0.25) is 5.91 Å². The molecule has 1 amide bonds. The summed E-state index contributed by atoms with van der Waals surface area (Å²) < 4.78 is 5.46. The Balaban J connectivity index is 1.93. The van der Waals surface area contributed by atoms with Crippen LogP contribution in [-0.2, 0) is 4.79 Å². The Hall–Kier alpha value is -2.36. The summed E-state index contributed by atoms with van der Waals surface area (Å²) in [5.41, 5.74) is 0.888. The number of aryl methyl sites for hydroxylation is 1. The number of nitrogens with one attached hydrogen (secondary N) is 1. The number of carbonyl (C=O) groups is 1. The van der Waals surface area contributed by atoms with Gasteiger partial charge in [0.1, 0.15) is 11.5 Å². The van der Waals surface area contributed by atoms with Crippen LogP contribution in [0.15, 0.2) is 47.2 Å². The monoisotopic (exact) mass is 256 g/mol. The van der Waals surface area contributed by atoms with E-state index in [4.69, 9.17) is 4.42 Å². The summed E-state index contributed by atoms with van der Waals surface area (Å²) >= 11 is 0. The molecule has 0 aromatic carbocycles. The first-order valence-electron chi connectivity index (χ1n) is 6.10. The number of amides is 1. The van der Waals surface area contributed by atoms with E-state index in [9.17, 15) is 4.79 Å². The maximum Gasteiger partial charge on any atom is 0.244 e. The molecule has 0 aliphatic rings. The number of hydrogen-bond acceptors (Lipinski definition) is 3. The number of aromatic nitrogens is 1. The molecule has 2 rings (SSSR count). The van der Waals surface area contributed by atoms with Crippen LogP contribution in [-0.4, -0.2) is 10.9 Å². The van der Waals surface area contributed by atoms with Crippen molar-refractivity contribution in [3.8, 4) is 0 Å². The van der Waals surface area contributed by atoms with Crippen molar-refractivity contribution in [2.24, 2.45) is 0 Å². The van der Waals surface area contributed by atoms with E-state index in [1.165, 1.54) is 6.08 Å². The highest BCUT2D eigenvalue weighted by atomic mass is 16.3. The second-order valence-electron chi connectivity index (χ2n) is 4.30. The van der Waals surface area contributed by atoms with Crippen molar-refractivity contribution < 1.29 is 9.21 Å². The number of hydrogen-bond donors (Lipinski definition) is 1. The van der Waals surface area contributed by atoms with Gasteiger partial charge in [0, 0.05) is 18.5 Å². The van der Waals surface area contributed by atoms with E-state index in [2.05, 4.69) is 10.3 Å². The SMILES string of the molecule is Cc1ccc(C(C)NC(=O)/C=C/c2cccnc2)o1. The Morgan fingerprint density at radius 2 is 2.26 bits per heavy atom. The van der Waals surface area contributed by atoms with Crippen LogP contribution in [0.3, 0.4) is 0 Å². The van der Waals surface area contributed by atoms with Crippen molar-refractivity contribution in [3.63, 3.8) is 0 Å². The lowest BCUT2D eigenvalue weighted by Crippen LogP contribution is -2.24. The third-order valence-electron chi connectivity index (χ3n) is 2.66. The number of nitrogens with zero attached hydrogens (tertiary/aromatic N) is 1. The standard InChI is InChI=1S/C15H16N2O2/c1-11-5-7-14(19-11)12(2)17-15(18)8-6-13-4-3-9-16-10-13/h3-10,12H,1-2H3,(H,17,18)/b8-6+. The lowest BCUT2D eigenvalue weighted by molar-refractivity contribution is -0.117. The van der Waals surface area contributed by atoms with Crippen LogP contribution >= 0.6 is 0 Å². The second-order valence-corrected chi connectivity index (χ2v) is 4.30. The zero-order valence-electron chi connectivity index (χ0n) is 11.0. The molecular weight excluding hydrogens is 240 g/mol. The lowest BCUT2D eigenvalue weighted by atomic mass is 10.2. The van der Waals surface area contributed by atoms with Gasteiger partial charge in [0.25, 0.3) is 0 Å². The quantitative estimate of drug-likeness (QED) is 0.856. The number of carbonyl (C=O) groups excluding carboxylic acids is 1. The van der Waals surface area contributed by atoms with E-state index in [0.717, 1.165) is 17.1 Å². The van der Waals surface area contributed by atoms with E-state index in [1.54, 1.807) is 18.5 Å². The molecule has 1 atom stereocenters. The zero-order valence-corrected chi connectivity index (χ0v) is 11.0. The van der Waals surface area contributed by atoms with Gasteiger partial charge in [-0.3, -0.25) is 9.78 Å². The fourth-order valence-corrected chi connectivity index (χ4v) is 1.67. The van der Waals surface area contributed by atoms with Crippen molar-refractivity contribution in [3.05, 3.63) is 59.8 Å². The Bertz CT molecular complexity index is 573. The molecule has 2 heterocycles. The Labute approximate surface area is 112 Å². The first-order valence-corrected chi connectivity index (χ1v) is 6.10. The third kappa shape index (κ3) is 3.81. The topological polar surface area (TPSA) is 55.1 Å². The van der Waals surface area contributed by atoms with Crippen LogP contribution in [0.5, 0.6) is 0 Å². The van der Waals surface area contributed by atoms with E-state index in [0.29, 0.717) is 0 Å². The second kappa shape index (κ2) is 6.00. The Kier molecular flexibility index (Phi) is 4.13. The van der Waals surface area contributed by atoms with Crippen molar-refractivity contribution in [1.82, 2.24) is 10.3 Å². The molecule has 2 aromatic heterocycles. The molecule has 0 aliphatic carbocycles. The minimum absolute atomic E-state index is 0.153. The maximum absolute atomic E-state index is 11.7. The summed E-state index contributed by atoms with van der Waals surface area (Å²) in [5.74, 6) is 1.42. The largest absolute Gasteiger partial charge is 0.464 e. The molecule has 0 bridgehead atoms. The average Bonchev–Trinajstić information content (AvgIpc) is 2.84. The van der Waals surface area contributed by atoms with Crippen LogP contribution in [0.4, 0.5) is 0 Å². The number of furan rings is 1. The number of pyridine rings is 1. The summed E-state index contributed by atoms with van der Waals surface area (Å²) in [4.78, 5) is 15.7. The van der Waals surface area contributed by atoms with Crippen LogP contribution in [0, 0.1) is 6.92 Å². The Morgan fingerprint density at radius 1 is 1.42 bits per heavy atom. The van der Waals surface area contributed by atoms with Gasteiger partial charge in [-0.1, -0.05) is 6.07 Å². The van der Waals surface area contributed by atoms with E-state index >= 15 is 0 Å².